The third-order valence-corrected chi connectivity index (χ3v) is 3.89. The van der Waals surface area contributed by atoms with Crippen molar-refractivity contribution in [3.63, 3.8) is 0 Å². The molecule has 0 radical (unpaired) electrons. The van der Waals surface area contributed by atoms with Crippen LogP contribution in [0, 0.1) is 6.92 Å². The fraction of sp³-hybridized carbons (Fsp3) is 0.278. The predicted molar refractivity (Wildman–Crippen MR) is 91.9 cm³/mol. The maximum Gasteiger partial charge on any atom is 0.263 e. The molecule has 3 nitrogen and oxygen atoms in total. The number of likely N-dealkylation sites (N-methyl/N-ethyl adjacent to an activating group) is 1. The van der Waals surface area contributed by atoms with Gasteiger partial charge in [-0.25, -0.2) is 0 Å². The molecule has 1 atom stereocenters. The second-order valence-electron chi connectivity index (χ2n) is 5.40. The molecule has 4 heteroatoms. The van der Waals surface area contributed by atoms with Gasteiger partial charge in [0.15, 0.2) is 6.10 Å². The molecule has 2 rings (SSSR count). The van der Waals surface area contributed by atoms with Crippen LogP contribution in [-0.2, 0) is 11.3 Å². The number of ether oxygens (including phenoxy) is 1. The summed E-state index contributed by atoms with van der Waals surface area (Å²) in [6, 6.07) is 15.7. The SMILES string of the molecule is Cc1cccc(OC(C)C(=O)N(C)Cc2ccc(Br)cc2)c1. The molecule has 0 spiro atoms. The van der Waals surface area contributed by atoms with Gasteiger partial charge in [-0.15, -0.1) is 0 Å². The van der Waals surface area contributed by atoms with Crippen LogP contribution in [-0.4, -0.2) is 24.0 Å². The molecule has 0 fully saturated rings. The van der Waals surface area contributed by atoms with Gasteiger partial charge in [0.25, 0.3) is 5.91 Å². The van der Waals surface area contributed by atoms with E-state index in [1.54, 1.807) is 18.9 Å². The lowest BCUT2D eigenvalue weighted by molar-refractivity contribution is -0.137. The minimum absolute atomic E-state index is 0.0376. The Labute approximate surface area is 140 Å². The molecule has 0 bridgehead atoms. The van der Waals surface area contributed by atoms with Gasteiger partial charge < -0.3 is 9.64 Å². The molecule has 0 heterocycles. The van der Waals surface area contributed by atoms with Gasteiger partial charge in [0.1, 0.15) is 5.75 Å². The van der Waals surface area contributed by atoms with E-state index in [4.69, 9.17) is 4.74 Å². The number of carbonyl (C=O) groups excluding carboxylic acids is 1. The van der Waals surface area contributed by atoms with Gasteiger partial charge in [-0.2, -0.15) is 0 Å². The van der Waals surface area contributed by atoms with E-state index in [-0.39, 0.29) is 5.91 Å². The van der Waals surface area contributed by atoms with Crippen LogP contribution in [0.3, 0.4) is 0 Å². The molecule has 1 amide bonds. The summed E-state index contributed by atoms with van der Waals surface area (Å²) < 4.78 is 6.77. The van der Waals surface area contributed by atoms with Gasteiger partial charge in [0, 0.05) is 18.1 Å². The highest BCUT2D eigenvalue weighted by Crippen LogP contribution is 2.16. The summed E-state index contributed by atoms with van der Waals surface area (Å²) in [6.45, 7) is 4.34. The predicted octanol–water partition coefficient (Wildman–Crippen LogP) is 4.18. The first-order chi connectivity index (χ1) is 10.5. The quantitative estimate of drug-likeness (QED) is 0.799. The van der Waals surface area contributed by atoms with Crippen molar-refractivity contribution in [1.29, 1.82) is 0 Å². The van der Waals surface area contributed by atoms with Crippen LogP contribution < -0.4 is 4.74 Å². The summed E-state index contributed by atoms with van der Waals surface area (Å²) in [5.41, 5.74) is 2.20. The van der Waals surface area contributed by atoms with Gasteiger partial charge in [0.05, 0.1) is 0 Å². The molecule has 0 N–H and O–H groups in total. The van der Waals surface area contributed by atoms with E-state index >= 15 is 0 Å². The zero-order valence-electron chi connectivity index (χ0n) is 13.0. The second-order valence-corrected chi connectivity index (χ2v) is 6.31. The first kappa shape index (κ1) is 16.6. The van der Waals surface area contributed by atoms with Gasteiger partial charge in [-0.3, -0.25) is 4.79 Å². The Hall–Kier alpha value is -1.81. The number of carbonyl (C=O) groups is 1. The Kier molecular flexibility index (Phi) is 5.61. The van der Waals surface area contributed by atoms with Crippen LogP contribution in [0.4, 0.5) is 0 Å². The highest BCUT2D eigenvalue weighted by Gasteiger charge is 2.19. The minimum atomic E-state index is -0.512. The topological polar surface area (TPSA) is 29.5 Å². The first-order valence-electron chi connectivity index (χ1n) is 7.18. The first-order valence-corrected chi connectivity index (χ1v) is 7.98. The van der Waals surface area contributed by atoms with Crippen LogP contribution >= 0.6 is 15.9 Å². The number of aryl methyl sites for hydroxylation is 1. The molecule has 2 aromatic rings. The van der Waals surface area contributed by atoms with Crippen LogP contribution in [0.5, 0.6) is 5.75 Å². The van der Waals surface area contributed by atoms with Crippen molar-refractivity contribution >= 4 is 21.8 Å². The fourth-order valence-corrected chi connectivity index (χ4v) is 2.46. The van der Waals surface area contributed by atoms with Crippen molar-refractivity contribution in [1.82, 2.24) is 4.90 Å². The molecule has 1 unspecified atom stereocenters. The molecule has 0 saturated carbocycles. The number of nitrogens with zero attached hydrogens (tertiary/aromatic N) is 1. The number of hydrogen-bond acceptors (Lipinski definition) is 2. The van der Waals surface area contributed by atoms with Crippen LogP contribution in [0.2, 0.25) is 0 Å². The van der Waals surface area contributed by atoms with Crippen molar-refractivity contribution < 1.29 is 9.53 Å². The Balaban J connectivity index is 1.96. The van der Waals surface area contributed by atoms with Crippen molar-refractivity contribution in [2.24, 2.45) is 0 Å². The average molecular weight is 362 g/mol. The van der Waals surface area contributed by atoms with E-state index in [1.807, 2.05) is 55.5 Å². The Morgan fingerprint density at radius 3 is 2.55 bits per heavy atom. The average Bonchev–Trinajstić information content (AvgIpc) is 2.48. The van der Waals surface area contributed by atoms with Crippen molar-refractivity contribution in [2.75, 3.05) is 7.05 Å². The van der Waals surface area contributed by atoms with E-state index in [0.29, 0.717) is 6.54 Å². The molecule has 0 saturated heterocycles. The number of benzene rings is 2. The standard InChI is InChI=1S/C18H20BrNO2/c1-13-5-4-6-17(11-13)22-14(2)18(21)20(3)12-15-7-9-16(19)10-8-15/h4-11,14H,12H2,1-3H3. The zero-order valence-corrected chi connectivity index (χ0v) is 14.6. The van der Waals surface area contributed by atoms with E-state index in [9.17, 15) is 4.79 Å². The number of amides is 1. The second kappa shape index (κ2) is 7.45. The molecule has 22 heavy (non-hydrogen) atoms. The smallest absolute Gasteiger partial charge is 0.263 e. The van der Waals surface area contributed by atoms with Crippen molar-refractivity contribution in [3.05, 3.63) is 64.1 Å². The van der Waals surface area contributed by atoms with Crippen LogP contribution in [0.15, 0.2) is 53.0 Å². The van der Waals surface area contributed by atoms with Gasteiger partial charge in [-0.05, 0) is 49.2 Å². The van der Waals surface area contributed by atoms with Crippen molar-refractivity contribution in [3.8, 4) is 5.75 Å². The Morgan fingerprint density at radius 1 is 1.23 bits per heavy atom. The lowest BCUT2D eigenvalue weighted by atomic mass is 10.2. The van der Waals surface area contributed by atoms with E-state index < -0.39 is 6.10 Å². The molecule has 0 aromatic heterocycles. The monoisotopic (exact) mass is 361 g/mol. The molecule has 0 aliphatic heterocycles. The molecular weight excluding hydrogens is 342 g/mol. The number of rotatable bonds is 5. The summed E-state index contributed by atoms with van der Waals surface area (Å²) in [7, 11) is 1.79. The molecule has 0 aliphatic carbocycles. The molecular formula is C18H20BrNO2. The number of halogens is 1. The molecule has 0 aliphatic rings. The Morgan fingerprint density at radius 2 is 1.91 bits per heavy atom. The number of hydrogen-bond donors (Lipinski definition) is 0. The highest BCUT2D eigenvalue weighted by molar-refractivity contribution is 9.10. The minimum Gasteiger partial charge on any atom is -0.481 e. The van der Waals surface area contributed by atoms with E-state index in [2.05, 4.69) is 15.9 Å². The molecule has 2 aromatic carbocycles. The maximum atomic E-state index is 12.4. The summed E-state index contributed by atoms with van der Waals surface area (Å²) in [5.74, 6) is 0.683. The lowest BCUT2D eigenvalue weighted by Gasteiger charge is -2.22. The van der Waals surface area contributed by atoms with E-state index in [1.165, 1.54) is 0 Å². The Bertz CT molecular complexity index is 640. The fourth-order valence-electron chi connectivity index (χ4n) is 2.20. The third-order valence-electron chi connectivity index (χ3n) is 3.36. The largest absolute Gasteiger partial charge is 0.481 e. The summed E-state index contributed by atoms with van der Waals surface area (Å²) in [5, 5.41) is 0. The molecule has 116 valence electrons. The van der Waals surface area contributed by atoms with Crippen LogP contribution in [0.25, 0.3) is 0 Å². The summed E-state index contributed by atoms with van der Waals surface area (Å²) >= 11 is 3.41. The van der Waals surface area contributed by atoms with Crippen molar-refractivity contribution in [2.45, 2.75) is 26.5 Å². The lowest BCUT2D eigenvalue weighted by Crippen LogP contribution is -2.37. The highest BCUT2D eigenvalue weighted by atomic mass is 79.9. The van der Waals surface area contributed by atoms with Gasteiger partial charge in [-0.1, -0.05) is 40.2 Å². The zero-order chi connectivity index (χ0) is 16.1. The third kappa shape index (κ3) is 4.60. The van der Waals surface area contributed by atoms with Crippen LogP contribution in [0.1, 0.15) is 18.1 Å². The summed E-state index contributed by atoms with van der Waals surface area (Å²) in [4.78, 5) is 14.1. The van der Waals surface area contributed by atoms with Gasteiger partial charge >= 0.3 is 0 Å². The van der Waals surface area contributed by atoms with E-state index in [0.717, 1.165) is 21.3 Å². The normalized spacial score (nSPS) is 11.8. The summed E-state index contributed by atoms with van der Waals surface area (Å²) in [6.07, 6.45) is -0.512. The van der Waals surface area contributed by atoms with Gasteiger partial charge in [0.2, 0.25) is 0 Å². The maximum absolute atomic E-state index is 12.4.